The molecule has 0 N–H and O–H groups in total. The maximum absolute atomic E-state index is 11.9. The van der Waals surface area contributed by atoms with Crippen LogP contribution in [0.2, 0.25) is 0 Å². The molecule has 0 unspecified atom stereocenters. The smallest absolute Gasteiger partial charge is 0.316 e. The summed E-state index contributed by atoms with van der Waals surface area (Å²) in [5, 5.41) is 0. The Kier molecular flexibility index (Phi) is 5.81. The van der Waals surface area contributed by atoms with Crippen molar-refractivity contribution in [1.82, 2.24) is 15.0 Å². The highest BCUT2D eigenvalue weighted by atomic mass is 16.5. The Balaban J connectivity index is 1.55. The number of pyridine rings is 1. The number of aromatic nitrogens is 3. The number of nitrogens with zero attached hydrogens (tertiary/aromatic N) is 4. The molecule has 2 aromatic rings. The highest BCUT2D eigenvalue weighted by Crippen LogP contribution is 2.23. The van der Waals surface area contributed by atoms with E-state index >= 15 is 0 Å². The predicted octanol–water partition coefficient (Wildman–Crippen LogP) is 3.69. The minimum Gasteiger partial charge on any atom is -0.463 e. The Morgan fingerprint density at radius 2 is 1.96 bits per heavy atom. The molecule has 1 saturated heterocycles. The molecule has 1 atom stereocenters. The second-order valence-electron chi connectivity index (χ2n) is 7.06. The van der Waals surface area contributed by atoms with E-state index in [1.165, 1.54) is 0 Å². The standard InChI is InChI=1S/C20H26N4O2/c1-14(2)16-12-21-20(22-13-16)26-11-9-15(3)17-6-4-7-18(23-17)24-10-5-8-19(24)25/h4,6-7,12-15H,5,8-11H2,1-3H3/t15-/m0/s1. The highest BCUT2D eigenvalue weighted by molar-refractivity contribution is 5.94. The maximum atomic E-state index is 11.9. The van der Waals surface area contributed by atoms with Gasteiger partial charge in [-0.15, -0.1) is 0 Å². The van der Waals surface area contributed by atoms with E-state index in [0.717, 1.165) is 36.5 Å². The average Bonchev–Trinajstić information content (AvgIpc) is 3.08. The molecule has 26 heavy (non-hydrogen) atoms. The monoisotopic (exact) mass is 354 g/mol. The molecule has 0 aromatic carbocycles. The molecule has 3 rings (SSSR count). The number of carbonyl (C=O) groups is 1. The van der Waals surface area contributed by atoms with Crippen molar-refractivity contribution in [2.45, 2.75) is 51.9 Å². The minimum absolute atomic E-state index is 0.160. The molecule has 1 aliphatic rings. The van der Waals surface area contributed by atoms with Crippen molar-refractivity contribution in [3.8, 4) is 6.01 Å². The van der Waals surface area contributed by atoms with Crippen molar-refractivity contribution in [2.75, 3.05) is 18.1 Å². The number of carbonyl (C=O) groups excluding carboxylic acids is 1. The van der Waals surface area contributed by atoms with E-state index in [1.54, 1.807) is 4.90 Å². The predicted molar refractivity (Wildman–Crippen MR) is 100 cm³/mol. The zero-order valence-electron chi connectivity index (χ0n) is 15.7. The second kappa shape index (κ2) is 8.25. The third kappa shape index (κ3) is 4.36. The topological polar surface area (TPSA) is 68.2 Å². The Morgan fingerprint density at radius 1 is 1.19 bits per heavy atom. The molecular weight excluding hydrogens is 328 g/mol. The van der Waals surface area contributed by atoms with E-state index < -0.39 is 0 Å². The van der Waals surface area contributed by atoms with Gasteiger partial charge in [0.2, 0.25) is 5.91 Å². The number of hydrogen-bond donors (Lipinski definition) is 0. The quantitative estimate of drug-likeness (QED) is 0.758. The fourth-order valence-corrected chi connectivity index (χ4v) is 2.93. The van der Waals surface area contributed by atoms with Crippen LogP contribution in [-0.2, 0) is 4.79 Å². The summed E-state index contributed by atoms with van der Waals surface area (Å²) in [5.41, 5.74) is 2.07. The van der Waals surface area contributed by atoms with E-state index in [9.17, 15) is 4.79 Å². The summed E-state index contributed by atoms with van der Waals surface area (Å²) in [4.78, 5) is 26.9. The van der Waals surface area contributed by atoms with Gasteiger partial charge in [-0.2, -0.15) is 0 Å². The maximum Gasteiger partial charge on any atom is 0.316 e. The molecule has 0 bridgehead atoms. The summed E-state index contributed by atoms with van der Waals surface area (Å²) in [5.74, 6) is 1.55. The van der Waals surface area contributed by atoms with Crippen LogP contribution in [0, 0.1) is 0 Å². The molecule has 1 amide bonds. The van der Waals surface area contributed by atoms with Crippen LogP contribution in [0.5, 0.6) is 6.01 Å². The van der Waals surface area contributed by atoms with Crippen molar-refractivity contribution in [3.63, 3.8) is 0 Å². The Morgan fingerprint density at radius 3 is 2.62 bits per heavy atom. The van der Waals surface area contributed by atoms with Gasteiger partial charge in [0, 0.05) is 37.0 Å². The summed E-state index contributed by atoms with van der Waals surface area (Å²) in [6.07, 6.45) is 5.96. The molecule has 0 saturated carbocycles. The van der Waals surface area contributed by atoms with Crippen molar-refractivity contribution < 1.29 is 9.53 Å². The van der Waals surface area contributed by atoms with E-state index in [4.69, 9.17) is 4.74 Å². The molecule has 138 valence electrons. The molecule has 1 fully saturated rings. The third-order valence-corrected chi connectivity index (χ3v) is 4.71. The van der Waals surface area contributed by atoms with Gasteiger partial charge in [-0.05, 0) is 36.5 Å². The van der Waals surface area contributed by atoms with Gasteiger partial charge in [-0.25, -0.2) is 15.0 Å². The van der Waals surface area contributed by atoms with Gasteiger partial charge in [0.1, 0.15) is 5.82 Å². The van der Waals surface area contributed by atoms with E-state index in [1.807, 2.05) is 30.6 Å². The minimum atomic E-state index is 0.160. The Bertz CT molecular complexity index is 746. The zero-order valence-corrected chi connectivity index (χ0v) is 15.7. The third-order valence-electron chi connectivity index (χ3n) is 4.71. The Hall–Kier alpha value is -2.50. The van der Waals surface area contributed by atoms with Crippen molar-refractivity contribution in [1.29, 1.82) is 0 Å². The first-order chi connectivity index (χ1) is 12.5. The highest BCUT2D eigenvalue weighted by Gasteiger charge is 2.23. The normalized spacial score (nSPS) is 15.5. The van der Waals surface area contributed by atoms with Crippen molar-refractivity contribution in [3.05, 3.63) is 41.9 Å². The van der Waals surface area contributed by atoms with Gasteiger partial charge < -0.3 is 4.74 Å². The summed E-state index contributed by atoms with van der Waals surface area (Å²) in [6.45, 7) is 7.62. The van der Waals surface area contributed by atoms with Crippen LogP contribution in [0.3, 0.4) is 0 Å². The van der Waals surface area contributed by atoms with Crippen LogP contribution in [0.15, 0.2) is 30.6 Å². The SMILES string of the molecule is CC(C)c1cnc(OCC[C@H](C)c2cccc(N3CCCC3=O)n2)nc1. The summed E-state index contributed by atoms with van der Waals surface area (Å²) in [7, 11) is 0. The van der Waals surface area contributed by atoms with Gasteiger partial charge >= 0.3 is 6.01 Å². The fourth-order valence-electron chi connectivity index (χ4n) is 2.93. The van der Waals surface area contributed by atoms with Crippen molar-refractivity contribution in [2.24, 2.45) is 0 Å². The Labute approximate surface area is 154 Å². The van der Waals surface area contributed by atoms with Gasteiger partial charge in [0.25, 0.3) is 0 Å². The van der Waals surface area contributed by atoms with Gasteiger partial charge in [0.15, 0.2) is 0 Å². The number of hydrogen-bond acceptors (Lipinski definition) is 5. The van der Waals surface area contributed by atoms with E-state index in [0.29, 0.717) is 25.0 Å². The summed E-state index contributed by atoms with van der Waals surface area (Å²) >= 11 is 0. The summed E-state index contributed by atoms with van der Waals surface area (Å²) < 4.78 is 5.67. The first-order valence-electron chi connectivity index (χ1n) is 9.26. The lowest BCUT2D eigenvalue weighted by Crippen LogP contribution is -2.25. The van der Waals surface area contributed by atoms with E-state index in [2.05, 4.69) is 35.7 Å². The number of rotatable bonds is 7. The zero-order chi connectivity index (χ0) is 18.5. The molecule has 0 spiro atoms. The van der Waals surface area contributed by atoms with Crippen LogP contribution in [0.1, 0.15) is 63.1 Å². The van der Waals surface area contributed by atoms with Gasteiger partial charge in [-0.1, -0.05) is 26.8 Å². The first-order valence-corrected chi connectivity index (χ1v) is 9.26. The van der Waals surface area contributed by atoms with Crippen molar-refractivity contribution >= 4 is 11.7 Å². The second-order valence-corrected chi connectivity index (χ2v) is 7.06. The van der Waals surface area contributed by atoms with Crippen LogP contribution < -0.4 is 9.64 Å². The molecule has 0 aliphatic carbocycles. The molecular formula is C20H26N4O2. The average molecular weight is 354 g/mol. The van der Waals surface area contributed by atoms with E-state index in [-0.39, 0.29) is 11.8 Å². The molecule has 3 heterocycles. The molecule has 1 aliphatic heterocycles. The largest absolute Gasteiger partial charge is 0.463 e. The fraction of sp³-hybridized carbons (Fsp3) is 0.500. The summed E-state index contributed by atoms with van der Waals surface area (Å²) in [6, 6.07) is 6.28. The lowest BCUT2D eigenvalue weighted by molar-refractivity contribution is -0.117. The van der Waals surface area contributed by atoms with Crippen LogP contribution >= 0.6 is 0 Å². The lowest BCUT2D eigenvalue weighted by Gasteiger charge is -2.17. The lowest BCUT2D eigenvalue weighted by atomic mass is 10.0. The molecule has 6 heteroatoms. The molecule has 2 aromatic heterocycles. The first kappa shape index (κ1) is 18.3. The van der Waals surface area contributed by atoms with Gasteiger partial charge in [0.05, 0.1) is 6.61 Å². The van der Waals surface area contributed by atoms with Gasteiger partial charge in [-0.3, -0.25) is 9.69 Å². The molecule has 0 radical (unpaired) electrons. The van der Waals surface area contributed by atoms with Crippen LogP contribution in [0.4, 0.5) is 5.82 Å². The van der Waals surface area contributed by atoms with Crippen LogP contribution in [-0.4, -0.2) is 34.0 Å². The number of amides is 1. The number of ether oxygens (including phenoxy) is 1. The molecule has 6 nitrogen and oxygen atoms in total. The van der Waals surface area contributed by atoms with Crippen LogP contribution in [0.25, 0.3) is 0 Å². The number of anilines is 1.